The molecule has 1 aromatic heterocycles. The number of likely N-dealkylation sites (tertiary alicyclic amines) is 1. The maximum absolute atomic E-state index is 11.8. The molecule has 0 radical (unpaired) electrons. The van der Waals surface area contributed by atoms with Crippen molar-refractivity contribution in [2.75, 3.05) is 13.6 Å². The summed E-state index contributed by atoms with van der Waals surface area (Å²) in [6.07, 6.45) is 4.49. The van der Waals surface area contributed by atoms with Crippen LogP contribution in [0.2, 0.25) is 0 Å². The number of amides is 1. The summed E-state index contributed by atoms with van der Waals surface area (Å²) in [5.41, 5.74) is 0. The van der Waals surface area contributed by atoms with Gasteiger partial charge in [-0.1, -0.05) is 0 Å². The number of carbonyl (C=O) groups is 1. The molecule has 6 heteroatoms. The molecule has 2 aliphatic heterocycles. The average Bonchev–Trinajstić information content (AvgIpc) is 2.90. The number of carbonyl (C=O) groups excluding carboxylic acids is 1. The first-order valence-corrected chi connectivity index (χ1v) is 6.12. The summed E-state index contributed by atoms with van der Waals surface area (Å²) in [5.74, 6) is 1.27. The van der Waals surface area contributed by atoms with Crippen LogP contribution in [0.25, 0.3) is 0 Å². The molecule has 0 bridgehead atoms. The Morgan fingerprint density at radius 2 is 2.35 bits per heavy atom. The number of nitrogens with zero attached hydrogens (tertiary/aromatic N) is 4. The van der Waals surface area contributed by atoms with Crippen molar-refractivity contribution in [2.45, 2.75) is 37.9 Å². The highest BCUT2D eigenvalue weighted by Gasteiger charge is 2.31. The lowest BCUT2D eigenvalue weighted by atomic mass is 10.1. The lowest BCUT2D eigenvalue weighted by Crippen LogP contribution is -2.46. The van der Waals surface area contributed by atoms with Crippen molar-refractivity contribution in [3.63, 3.8) is 0 Å². The third-order valence-corrected chi connectivity index (χ3v) is 3.67. The van der Waals surface area contributed by atoms with Gasteiger partial charge in [0.1, 0.15) is 12.2 Å². The van der Waals surface area contributed by atoms with Crippen molar-refractivity contribution in [2.24, 2.45) is 0 Å². The number of aryl methyl sites for hydroxylation is 1. The smallest absolute Gasteiger partial charge is 0.239 e. The molecule has 1 saturated heterocycles. The minimum absolute atomic E-state index is 0.00456. The van der Waals surface area contributed by atoms with E-state index in [4.69, 9.17) is 0 Å². The van der Waals surface area contributed by atoms with E-state index in [1.54, 1.807) is 11.2 Å². The third kappa shape index (κ3) is 1.93. The second-order valence-electron chi connectivity index (χ2n) is 4.86. The molecule has 2 aliphatic rings. The maximum atomic E-state index is 11.8. The minimum Gasteiger partial charge on any atom is -0.344 e. The SMILES string of the molecule is CN1CCC(NC2CCc3ncnn3C2)C1=O. The Bertz CT molecular complexity index is 429. The molecule has 0 aromatic carbocycles. The van der Waals surface area contributed by atoms with Crippen LogP contribution in [0.4, 0.5) is 0 Å². The summed E-state index contributed by atoms with van der Waals surface area (Å²) >= 11 is 0. The van der Waals surface area contributed by atoms with Crippen LogP contribution in [0.3, 0.4) is 0 Å². The minimum atomic E-state index is -0.00456. The Labute approximate surface area is 100 Å². The van der Waals surface area contributed by atoms with E-state index in [-0.39, 0.29) is 11.9 Å². The fraction of sp³-hybridized carbons (Fsp3) is 0.727. The summed E-state index contributed by atoms with van der Waals surface area (Å²) in [4.78, 5) is 17.8. The monoisotopic (exact) mass is 235 g/mol. The summed E-state index contributed by atoms with van der Waals surface area (Å²) < 4.78 is 1.93. The van der Waals surface area contributed by atoms with E-state index in [2.05, 4.69) is 15.4 Å². The molecule has 1 aromatic rings. The van der Waals surface area contributed by atoms with Crippen LogP contribution in [-0.4, -0.2) is 51.2 Å². The van der Waals surface area contributed by atoms with Crippen LogP contribution in [0.15, 0.2) is 6.33 Å². The number of hydrogen-bond donors (Lipinski definition) is 1. The molecule has 0 spiro atoms. The first kappa shape index (κ1) is 10.7. The van der Waals surface area contributed by atoms with Crippen LogP contribution < -0.4 is 5.32 Å². The first-order valence-electron chi connectivity index (χ1n) is 6.12. The van der Waals surface area contributed by atoms with Gasteiger partial charge in [0.05, 0.1) is 12.6 Å². The van der Waals surface area contributed by atoms with E-state index in [9.17, 15) is 4.79 Å². The highest BCUT2D eigenvalue weighted by molar-refractivity contribution is 5.83. The molecule has 92 valence electrons. The lowest BCUT2D eigenvalue weighted by Gasteiger charge is -2.26. The Balaban J connectivity index is 1.63. The van der Waals surface area contributed by atoms with Gasteiger partial charge in [0.25, 0.3) is 0 Å². The summed E-state index contributed by atoms with van der Waals surface area (Å²) in [5, 5.41) is 7.63. The molecule has 1 amide bonds. The Hall–Kier alpha value is -1.43. The van der Waals surface area contributed by atoms with E-state index in [1.165, 1.54) is 0 Å². The predicted molar refractivity (Wildman–Crippen MR) is 61.3 cm³/mol. The molecular formula is C11H17N5O. The quantitative estimate of drug-likeness (QED) is 0.744. The average molecular weight is 235 g/mol. The van der Waals surface area contributed by atoms with Crippen molar-refractivity contribution in [3.8, 4) is 0 Å². The zero-order chi connectivity index (χ0) is 11.8. The lowest BCUT2D eigenvalue weighted by molar-refractivity contribution is -0.128. The molecule has 0 saturated carbocycles. The topological polar surface area (TPSA) is 63.0 Å². The van der Waals surface area contributed by atoms with Crippen molar-refractivity contribution in [1.29, 1.82) is 0 Å². The van der Waals surface area contributed by atoms with Crippen LogP contribution in [0.5, 0.6) is 0 Å². The van der Waals surface area contributed by atoms with Crippen molar-refractivity contribution in [1.82, 2.24) is 25.0 Å². The Morgan fingerprint density at radius 1 is 1.47 bits per heavy atom. The highest BCUT2D eigenvalue weighted by Crippen LogP contribution is 2.15. The van der Waals surface area contributed by atoms with Gasteiger partial charge in [-0.2, -0.15) is 5.10 Å². The molecule has 2 atom stereocenters. The number of rotatable bonds is 2. The maximum Gasteiger partial charge on any atom is 0.239 e. The van der Waals surface area contributed by atoms with E-state index in [0.29, 0.717) is 6.04 Å². The van der Waals surface area contributed by atoms with Gasteiger partial charge in [0, 0.05) is 26.1 Å². The molecule has 1 N–H and O–H groups in total. The second-order valence-corrected chi connectivity index (χ2v) is 4.86. The fourth-order valence-electron chi connectivity index (χ4n) is 2.64. The van der Waals surface area contributed by atoms with Gasteiger partial charge in [-0.05, 0) is 12.8 Å². The molecule has 3 rings (SSSR count). The van der Waals surface area contributed by atoms with E-state index in [1.807, 2.05) is 11.7 Å². The van der Waals surface area contributed by atoms with Gasteiger partial charge in [0.15, 0.2) is 0 Å². The Kier molecular flexibility index (Phi) is 2.58. The number of likely N-dealkylation sites (N-methyl/N-ethyl adjacent to an activating group) is 1. The van der Waals surface area contributed by atoms with Gasteiger partial charge < -0.3 is 10.2 Å². The highest BCUT2D eigenvalue weighted by atomic mass is 16.2. The van der Waals surface area contributed by atoms with Gasteiger partial charge >= 0.3 is 0 Å². The molecule has 1 fully saturated rings. The number of fused-ring (bicyclic) bond motifs is 1. The van der Waals surface area contributed by atoms with Crippen molar-refractivity contribution in [3.05, 3.63) is 12.2 Å². The molecule has 17 heavy (non-hydrogen) atoms. The summed E-state index contributed by atoms with van der Waals surface area (Å²) in [7, 11) is 1.86. The van der Waals surface area contributed by atoms with Crippen LogP contribution in [0.1, 0.15) is 18.7 Å². The Morgan fingerprint density at radius 3 is 3.12 bits per heavy atom. The zero-order valence-electron chi connectivity index (χ0n) is 9.96. The van der Waals surface area contributed by atoms with Crippen LogP contribution in [-0.2, 0) is 17.8 Å². The van der Waals surface area contributed by atoms with Crippen LogP contribution >= 0.6 is 0 Å². The van der Waals surface area contributed by atoms with Gasteiger partial charge in [-0.15, -0.1) is 0 Å². The van der Waals surface area contributed by atoms with E-state index < -0.39 is 0 Å². The van der Waals surface area contributed by atoms with Crippen molar-refractivity contribution < 1.29 is 4.79 Å². The van der Waals surface area contributed by atoms with E-state index in [0.717, 1.165) is 38.2 Å². The number of aromatic nitrogens is 3. The molecule has 3 heterocycles. The van der Waals surface area contributed by atoms with Gasteiger partial charge in [0.2, 0.25) is 5.91 Å². The van der Waals surface area contributed by atoms with Gasteiger partial charge in [-0.3, -0.25) is 4.79 Å². The predicted octanol–water partition coefficient (Wildman–Crippen LogP) is -0.587. The standard InChI is InChI=1S/C11H17N5O/c1-15-5-4-9(11(15)17)14-8-2-3-10-12-7-13-16(10)6-8/h7-9,14H,2-6H2,1H3. The molecule has 6 nitrogen and oxygen atoms in total. The first-order chi connectivity index (χ1) is 8.24. The second kappa shape index (κ2) is 4.10. The molecule has 0 aliphatic carbocycles. The largest absolute Gasteiger partial charge is 0.344 e. The fourth-order valence-corrected chi connectivity index (χ4v) is 2.64. The molecular weight excluding hydrogens is 218 g/mol. The van der Waals surface area contributed by atoms with Gasteiger partial charge in [-0.25, -0.2) is 9.67 Å². The van der Waals surface area contributed by atoms with E-state index >= 15 is 0 Å². The zero-order valence-corrected chi connectivity index (χ0v) is 9.96. The summed E-state index contributed by atoms with van der Waals surface area (Å²) in [6, 6.07) is 0.333. The number of nitrogens with one attached hydrogen (secondary N) is 1. The van der Waals surface area contributed by atoms with Crippen molar-refractivity contribution >= 4 is 5.91 Å². The molecule has 2 unspecified atom stereocenters. The normalized spacial score (nSPS) is 28.5. The van der Waals surface area contributed by atoms with Crippen LogP contribution in [0, 0.1) is 0 Å². The number of hydrogen-bond acceptors (Lipinski definition) is 4. The third-order valence-electron chi connectivity index (χ3n) is 3.67. The summed E-state index contributed by atoms with van der Waals surface area (Å²) in [6.45, 7) is 1.68.